The number of nitrogens with one attached hydrogen (secondary N) is 1. The first-order valence-electron chi connectivity index (χ1n) is 9.05. The summed E-state index contributed by atoms with van der Waals surface area (Å²) in [7, 11) is 0. The summed E-state index contributed by atoms with van der Waals surface area (Å²) in [6, 6.07) is 16.7. The molecular formula is C22H23N3O. The fraction of sp³-hybridized carbons (Fsp3) is 0.273. The second-order valence-electron chi connectivity index (χ2n) is 7.19. The maximum Gasteiger partial charge on any atom is 0.230 e. The molecule has 1 N–H and O–H groups in total. The number of hydrogen-bond donors (Lipinski definition) is 1. The summed E-state index contributed by atoms with van der Waals surface area (Å²) in [5, 5.41) is 3.13. The summed E-state index contributed by atoms with van der Waals surface area (Å²) in [4.78, 5) is 16.8. The van der Waals surface area contributed by atoms with Gasteiger partial charge in [-0.15, -0.1) is 0 Å². The van der Waals surface area contributed by atoms with Crippen LogP contribution in [0.3, 0.4) is 0 Å². The van der Waals surface area contributed by atoms with Crippen molar-refractivity contribution in [3.8, 4) is 0 Å². The maximum absolute atomic E-state index is 12.8. The molecule has 4 heteroatoms. The Bertz CT molecular complexity index is 893. The van der Waals surface area contributed by atoms with E-state index in [0.717, 1.165) is 30.5 Å². The molecule has 3 aromatic rings. The topological polar surface area (TPSA) is 46.9 Å². The summed E-state index contributed by atoms with van der Waals surface area (Å²) >= 11 is 0. The number of amides is 1. The molecule has 0 aliphatic heterocycles. The minimum Gasteiger partial charge on any atom is -0.351 e. The summed E-state index contributed by atoms with van der Waals surface area (Å²) in [5.41, 5.74) is 4.37. The second-order valence-corrected chi connectivity index (χ2v) is 7.19. The van der Waals surface area contributed by atoms with Crippen LogP contribution in [0.15, 0.2) is 67.3 Å². The standard InChI is InChI=1S/C22H23N3O/c1-17-3-2-4-20(13-17)22(9-10-22)21(26)24-14-18-5-7-19(8-6-18)15-25-12-11-23-16-25/h2-8,11-13,16H,9-10,14-15H2,1H3,(H,24,26). The highest BCUT2D eigenvalue weighted by molar-refractivity contribution is 5.91. The molecule has 4 rings (SSSR count). The number of nitrogens with zero attached hydrogens (tertiary/aromatic N) is 2. The molecule has 0 spiro atoms. The van der Waals surface area contributed by atoms with Crippen molar-refractivity contribution < 1.29 is 4.79 Å². The highest BCUT2D eigenvalue weighted by Gasteiger charge is 2.51. The number of rotatable bonds is 6. The van der Waals surface area contributed by atoms with Crippen molar-refractivity contribution in [3.05, 3.63) is 89.5 Å². The molecule has 0 atom stereocenters. The Morgan fingerprint density at radius 1 is 1.15 bits per heavy atom. The molecule has 2 aromatic carbocycles. The smallest absolute Gasteiger partial charge is 0.230 e. The van der Waals surface area contributed by atoms with Crippen molar-refractivity contribution in [1.82, 2.24) is 14.9 Å². The van der Waals surface area contributed by atoms with Gasteiger partial charge in [0.1, 0.15) is 0 Å². The third kappa shape index (κ3) is 3.40. The average molecular weight is 345 g/mol. The zero-order valence-electron chi connectivity index (χ0n) is 15.0. The lowest BCUT2D eigenvalue weighted by atomic mass is 9.93. The van der Waals surface area contributed by atoms with Crippen LogP contribution in [0.4, 0.5) is 0 Å². The van der Waals surface area contributed by atoms with E-state index in [9.17, 15) is 4.79 Å². The van der Waals surface area contributed by atoms with E-state index in [-0.39, 0.29) is 11.3 Å². The third-order valence-corrected chi connectivity index (χ3v) is 5.16. The van der Waals surface area contributed by atoms with E-state index in [2.05, 4.69) is 59.7 Å². The zero-order chi connectivity index (χ0) is 18.0. The van der Waals surface area contributed by atoms with Crippen molar-refractivity contribution in [3.63, 3.8) is 0 Å². The van der Waals surface area contributed by atoms with Gasteiger partial charge >= 0.3 is 0 Å². The van der Waals surface area contributed by atoms with Gasteiger partial charge in [-0.2, -0.15) is 0 Å². The molecule has 0 bridgehead atoms. The van der Waals surface area contributed by atoms with Crippen molar-refractivity contribution in [2.75, 3.05) is 0 Å². The zero-order valence-corrected chi connectivity index (χ0v) is 15.0. The van der Waals surface area contributed by atoms with Gasteiger partial charge in [-0.3, -0.25) is 4.79 Å². The van der Waals surface area contributed by atoms with E-state index < -0.39 is 0 Å². The van der Waals surface area contributed by atoms with Crippen LogP contribution in [0.1, 0.15) is 35.1 Å². The predicted octanol–water partition coefficient (Wildman–Crippen LogP) is 3.59. The minimum absolute atomic E-state index is 0.144. The molecule has 1 aromatic heterocycles. The molecule has 1 saturated carbocycles. The highest BCUT2D eigenvalue weighted by atomic mass is 16.2. The molecular weight excluding hydrogens is 322 g/mol. The number of aromatic nitrogens is 2. The Kier molecular flexibility index (Phi) is 4.33. The third-order valence-electron chi connectivity index (χ3n) is 5.16. The van der Waals surface area contributed by atoms with Gasteiger partial charge in [0.2, 0.25) is 5.91 Å². The Morgan fingerprint density at radius 2 is 1.92 bits per heavy atom. The number of imidazole rings is 1. The Balaban J connectivity index is 1.37. The first-order chi connectivity index (χ1) is 12.7. The highest BCUT2D eigenvalue weighted by Crippen LogP contribution is 2.48. The average Bonchev–Trinajstić information content (AvgIpc) is 3.32. The summed E-state index contributed by atoms with van der Waals surface area (Å²) in [5.74, 6) is 0.144. The van der Waals surface area contributed by atoms with Crippen molar-refractivity contribution in [1.29, 1.82) is 0 Å². The fourth-order valence-electron chi connectivity index (χ4n) is 3.42. The van der Waals surface area contributed by atoms with E-state index in [1.165, 1.54) is 11.1 Å². The van der Waals surface area contributed by atoms with Crippen molar-refractivity contribution >= 4 is 5.91 Å². The number of carbonyl (C=O) groups excluding carboxylic acids is 1. The van der Waals surface area contributed by atoms with Gasteiger partial charge in [0.05, 0.1) is 11.7 Å². The molecule has 132 valence electrons. The summed E-state index contributed by atoms with van der Waals surface area (Å²) in [6.45, 7) is 3.45. The molecule has 0 radical (unpaired) electrons. The molecule has 1 aliphatic rings. The SMILES string of the molecule is Cc1cccc(C2(C(=O)NCc3ccc(Cn4ccnc4)cc3)CC2)c1. The number of hydrogen-bond acceptors (Lipinski definition) is 2. The van der Waals surface area contributed by atoms with E-state index in [4.69, 9.17) is 0 Å². The molecule has 1 heterocycles. The number of carbonyl (C=O) groups is 1. The molecule has 4 nitrogen and oxygen atoms in total. The summed E-state index contributed by atoms with van der Waals surface area (Å²) in [6.07, 6.45) is 7.42. The molecule has 1 amide bonds. The first-order valence-corrected chi connectivity index (χ1v) is 9.05. The number of benzene rings is 2. The molecule has 1 fully saturated rings. The lowest BCUT2D eigenvalue weighted by Gasteiger charge is -2.16. The van der Waals surface area contributed by atoms with Gasteiger partial charge in [-0.1, -0.05) is 54.1 Å². The predicted molar refractivity (Wildman–Crippen MR) is 102 cm³/mol. The summed E-state index contributed by atoms with van der Waals surface area (Å²) < 4.78 is 2.04. The van der Waals surface area contributed by atoms with Crippen molar-refractivity contribution in [2.45, 2.75) is 38.3 Å². The van der Waals surface area contributed by atoms with Crippen LogP contribution in [-0.2, 0) is 23.3 Å². The van der Waals surface area contributed by atoms with Gasteiger partial charge < -0.3 is 9.88 Å². The fourth-order valence-corrected chi connectivity index (χ4v) is 3.42. The van der Waals surface area contributed by atoms with Crippen LogP contribution in [-0.4, -0.2) is 15.5 Å². The van der Waals surface area contributed by atoms with E-state index in [1.54, 1.807) is 6.20 Å². The molecule has 26 heavy (non-hydrogen) atoms. The Hall–Kier alpha value is -2.88. The van der Waals surface area contributed by atoms with Crippen LogP contribution in [0, 0.1) is 6.92 Å². The van der Waals surface area contributed by atoms with Crippen LogP contribution in [0.2, 0.25) is 0 Å². The number of aryl methyl sites for hydroxylation is 1. The van der Waals surface area contributed by atoms with Crippen LogP contribution < -0.4 is 5.32 Å². The Labute approximate surface area is 153 Å². The lowest BCUT2D eigenvalue weighted by molar-refractivity contribution is -0.123. The normalized spacial score (nSPS) is 14.8. The van der Waals surface area contributed by atoms with E-state index >= 15 is 0 Å². The van der Waals surface area contributed by atoms with Crippen LogP contribution >= 0.6 is 0 Å². The van der Waals surface area contributed by atoms with Gasteiger partial charge in [0.25, 0.3) is 0 Å². The molecule has 0 unspecified atom stereocenters. The van der Waals surface area contributed by atoms with Gasteiger partial charge in [-0.05, 0) is 36.5 Å². The Morgan fingerprint density at radius 3 is 2.58 bits per heavy atom. The second kappa shape index (κ2) is 6.79. The van der Waals surface area contributed by atoms with Gasteiger partial charge in [-0.25, -0.2) is 4.98 Å². The molecule has 0 saturated heterocycles. The molecule has 1 aliphatic carbocycles. The van der Waals surface area contributed by atoms with E-state index in [0.29, 0.717) is 6.54 Å². The largest absolute Gasteiger partial charge is 0.351 e. The minimum atomic E-state index is -0.312. The van der Waals surface area contributed by atoms with E-state index in [1.807, 2.05) is 23.2 Å². The van der Waals surface area contributed by atoms with Crippen molar-refractivity contribution in [2.24, 2.45) is 0 Å². The van der Waals surface area contributed by atoms with Crippen LogP contribution in [0.25, 0.3) is 0 Å². The van der Waals surface area contributed by atoms with Gasteiger partial charge in [0, 0.05) is 25.5 Å². The lowest BCUT2D eigenvalue weighted by Crippen LogP contribution is -2.34. The monoisotopic (exact) mass is 345 g/mol. The quantitative estimate of drug-likeness (QED) is 0.742. The maximum atomic E-state index is 12.8. The first kappa shape index (κ1) is 16.6. The van der Waals surface area contributed by atoms with Gasteiger partial charge in [0.15, 0.2) is 0 Å². The van der Waals surface area contributed by atoms with Crippen LogP contribution in [0.5, 0.6) is 0 Å².